The van der Waals surface area contributed by atoms with E-state index in [-0.39, 0.29) is 5.91 Å². The summed E-state index contributed by atoms with van der Waals surface area (Å²) in [4.78, 5) is 20.0. The highest BCUT2D eigenvalue weighted by Gasteiger charge is 2.13. The van der Waals surface area contributed by atoms with E-state index in [9.17, 15) is 4.79 Å². The summed E-state index contributed by atoms with van der Waals surface area (Å²) < 4.78 is 5.13. The van der Waals surface area contributed by atoms with E-state index in [2.05, 4.69) is 15.3 Å². The lowest BCUT2D eigenvalue weighted by molar-refractivity contribution is 0.0946. The molecule has 0 saturated carbocycles. The van der Waals surface area contributed by atoms with Crippen LogP contribution in [-0.2, 0) is 6.54 Å². The highest BCUT2D eigenvalue weighted by Crippen LogP contribution is 2.08. The van der Waals surface area contributed by atoms with Crippen LogP contribution in [0, 0.1) is 13.8 Å². The number of hydrogen-bond acceptors (Lipinski definition) is 4. The summed E-state index contributed by atoms with van der Waals surface area (Å²) in [6.07, 6.45) is 3.03. The van der Waals surface area contributed by atoms with E-state index in [4.69, 9.17) is 4.42 Å². The molecule has 0 bridgehead atoms. The maximum atomic E-state index is 11.9. The van der Waals surface area contributed by atoms with Crippen molar-refractivity contribution in [2.24, 2.45) is 0 Å². The lowest BCUT2D eigenvalue weighted by atomic mass is 10.1. The van der Waals surface area contributed by atoms with Crippen molar-refractivity contribution in [2.75, 3.05) is 0 Å². The molecule has 2 aromatic heterocycles. The van der Waals surface area contributed by atoms with Gasteiger partial charge in [0, 0.05) is 0 Å². The Morgan fingerprint density at radius 3 is 2.65 bits per heavy atom. The Kier molecular flexibility index (Phi) is 3.18. The molecule has 0 spiro atoms. The van der Waals surface area contributed by atoms with E-state index in [0.717, 1.165) is 0 Å². The molecule has 88 valence electrons. The van der Waals surface area contributed by atoms with E-state index >= 15 is 0 Å². The summed E-state index contributed by atoms with van der Waals surface area (Å²) in [6.45, 7) is 3.94. The van der Waals surface area contributed by atoms with Gasteiger partial charge in [0.05, 0.1) is 29.8 Å². The second kappa shape index (κ2) is 4.78. The topological polar surface area (TPSA) is 68.0 Å². The largest absolute Gasteiger partial charge is 0.467 e. The van der Waals surface area contributed by atoms with E-state index in [0.29, 0.717) is 29.3 Å². The van der Waals surface area contributed by atoms with Gasteiger partial charge in [-0.2, -0.15) is 0 Å². The summed E-state index contributed by atoms with van der Waals surface area (Å²) in [6, 6.07) is 3.59. The monoisotopic (exact) mass is 231 g/mol. The van der Waals surface area contributed by atoms with Crippen LogP contribution in [-0.4, -0.2) is 15.9 Å². The molecule has 17 heavy (non-hydrogen) atoms. The molecule has 0 saturated heterocycles. The maximum absolute atomic E-state index is 11.9. The number of nitrogens with one attached hydrogen (secondary N) is 1. The minimum absolute atomic E-state index is 0.183. The van der Waals surface area contributed by atoms with Crippen LogP contribution in [0.4, 0.5) is 0 Å². The molecular formula is C12H13N3O2. The summed E-state index contributed by atoms with van der Waals surface area (Å²) in [5.41, 5.74) is 1.88. The second-order valence-electron chi connectivity index (χ2n) is 3.68. The standard InChI is InChI=1S/C12H13N3O2/c1-8-11(9(2)15-7-14-8)12(16)13-6-10-4-3-5-17-10/h3-5,7H,6H2,1-2H3,(H,13,16). The quantitative estimate of drug-likeness (QED) is 0.871. The van der Waals surface area contributed by atoms with Crippen molar-refractivity contribution in [1.82, 2.24) is 15.3 Å². The van der Waals surface area contributed by atoms with E-state index < -0.39 is 0 Å². The second-order valence-corrected chi connectivity index (χ2v) is 3.68. The van der Waals surface area contributed by atoms with Crippen molar-refractivity contribution >= 4 is 5.91 Å². The van der Waals surface area contributed by atoms with Gasteiger partial charge in [-0.3, -0.25) is 4.79 Å². The molecule has 1 amide bonds. The Labute approximate surface area is 98.9 Å². The van der Waals surface area contributed by atoms with Crippen molar-refractivity contribution < 1.29 is 9.21 Å². The van der Waals surface area contributed by atoms with E-state index in [1.165, 1.54) is 6.33 Å². The zero-order valence-corrected chi connectivity index (χ0v) is 9.73. The number of furan rings is 1. The van der Waals surface area contributed by atoms with Crippen molar-refractivity contribution in [1.29, 1.82) is 0 Å². The number of amides is 1. The fraction of sp³-hybridized carbons (Fsp3) is 0.250. The average Bonchev–Trinajstić information content (AvgIpc) is 2.79. The average molecular weight is 231 g/mol. The predicted molar refractivity (Wildman–Crippen MR) is 61.4 cm³/mol. The summed E-state index contributed by atoms with van der Waals surface area (Å²) in [5.74, 6) is 0.530. The molecule has 0 aliphatic rings. The number of nitrogens with zero attached hydrogens (tertiary/aromatic N) is 2. The van der Waals surface area contributed by atoms with Gasteiger partial charge >= 0.3 is 0 Å². The van der Waals surface area contributed by atoms with Crippen LogP contribution in [0.5, 0.6) is 0 Å². The van der Waals surface area contributed by atoms with Gasteiger partial charge in [-0.25, -0.2) is 9.97 Å². The Morgan fingerprint density at radius 2 is 2.06 bits per heavy atom. The summed E-state index contributed by atoms with van der Waals surface area (Å²) in [7, 11) is 0. The van der Waals surface area contributed by atoms with Crippen LogP contribution in [0.1, 0.15) is 27.5 Å². The van der Waals surface area contributed by atoms with Gasteiger partial charge in [0.25, 0.3) is 5.91 Å². The maximum Gasteiger partial charge on any atom is 0.255 e. The van der Waals surface area contributed by atoms with Gasteiger partial charge in [0.2, 0.25) is 0 Å². The third-order valence-corrected chi connectivity index (χ3v) is 2.46. The smallest absolute Gasteiger partial charge is 0.255 e. The predicted octanol–water partition coefficient (Wildman–Crippen LogP) is 1.62. The fourth-order valence-electron chi connectivity index (χ4n) is 1.59. The first-order valence-electron chi connectivity index (χ1n) is 5.27. The van der Waals surface area contributed by atoms with Crippen LogP contribution >= 0.6 is 0 Å². The zero-order chi connectivity index (χ0) is 12.3. The third kappa shape index (κ3) is 2.50. The Bertz CT molecular complexity index is 500. The van der Waals surface area contributed by atoms with E-state index in [1.54, 1.807) is 26.2 Å². The normalized spacial score (nSPS) is 10.2. The molecule has 1 N–H and O–H groups in total. The highest BCUT2D eigenvalue weighted by atomic mass is 16.3. The first-order valence-corrected chi connectivity index (χ1v) is 5.27. The van der Waals surface area contributed by atoms with Crippen LogP contribution in [0.2, 0.25) is 0 Å². The molecule has 0 aliphatic carbocycles. The Morgan fingerprint density at radius 1 is 1.35 bits per heavy atom. The van der Waals surface area contributed by atoms with Gasteiger partial charge in [0.1, 0.15) is 12.1 Å². The molecule has 5 nitrogen and oxygen atoms in total. The molecule has 0 radical (unpaired) electrons. The first-order chi connectivity index (χ1) is 8.18. The molecule has 0 aromatic carbocycles. The lowest BCUT2D eigenvalue weighted by Crippen LogP contribution is -2.25. The molecule has 2 heterocycles. The number of hydrogen-bond donors (Lipinski definition) is 1. The van der Waals surface area contributed by atoms with Crippen LogP contribution < -0.4 is 5.32 Å². The fourth-order valence-corrected chi connectivity index (χ4v) is 1.59. The number of aryl methyl sites for hydroxylation is 2. The van der Waals surface area contributed by atoms with Gasteiger partial charge in [-0.15, -0.1) is 0 Å². The molecule has 2 rings (SSSR count). The van der Waals surface area contributed by atoms with Gasteiger partial charge in [-0.05, 0) is 26.0 Å². The minimum Gasteiger partial charge on any atom is -0.467 e. The number of rotatable bonds is 3. The molecule has 0 aliphatic heterocycles. The van der Waals surface area contributed by atoms with Crippen molar-refractivity contribution in [3.63, 3.8) is 0 Å². The molecule has 0 fully saturated rings. The molecule has 2 aromatic rings. The Balaban J connectivity index is 2.10. The Hall–Kier alpha value is -2.17. The minimum atomic E-state index is -0.183. The van der Waals surface area contributed by atoms with Crippen molar-refractivity contribution in [2.45, 2.75) is 20.4 Å². The van der Waals surface area contributed by atoms with Gasteiger partial charge in [0.15, 0.2) is 0 Å². The highest BCUT2D eigenvalue weighted by molar-refractivity contribution is 5.96. The molecule has 0 unspecified atom stereocenters. The summed E-state index contributed by atoms with van der Waals surface area (Å²) in [5, 5.41) is 2.77. The van der Waals surface area contributed by atoms with E-state index in [1.807, 2.05) is 6.07 Å². The number of aromatic nitrogens is 2. The zero-order valence-electron chi connectivity index (χ0n) is 9.73. The molecule has 5 heteroatoms. The van der Waals surface area contributed by atoms with Gasteiger partial charge in [-0.1, -0.05) is 0 Å². The summed E-state index contributed by atoms with van der Waals surface area (Å²) >= 11 is 0. The van der Waals surface area contributed by atoms with Crippen LogP contribution in [0.25, 0.3) is 0 Å². The van der Waals surface area contributed by atoms with Crippen LogP contribution in [0.15, 0.2) is 29.1 Å². The van der Waals surface area contributed by atoms with Crippen molar-refractivity contribution in [3.05, 3.63) is 47.4 Å². The third-order valence-electron chi connectivity index (χ3n) is 2.46. The van der Waals surface area contributed by atoms with Crippen molar-refractivity contribution in [3.8, 4) is 0 Å². The first kappa shape index (κ1) is 11.3. The molecular weight excluding hydrogens is 218 g/mol. The SMILES string of the molecule is Cc1ncnc(C)c1C(=O)NCc1ccco1. The van der Waals surface area contributed by atoms with Gasteiger partial charge < -0.3 is 9.73 Å². The number of carbonyl (C=O) groups excluding carboxylic acids is 1. The number of carbonyl (C=O) groups is 1. The van der Waals surface area contributed by atoms with Crippen LogP contribution in [0.3, 0.4) is 0 Å². The lowest BCUT2D eigenvalue weighted by Gasteiger charge is -2.07. The molecule has 0 atom stereocenters.